The number of rotatable bonds is 6. The predicted molar refractivity (Wildman–Crippen MR) is 115 cm³/mol. The number of carbonyl (C=O) groups excluding carboxylic acids is 1. The van der Waals surface area contributed by atoms with E-state index in [4.69, 9.17) is 4.74 Å². The van der Waals surface area contributed by atoms with Gasteiger partial charge in [-0.3, -0.25) is 9.59 Å². The van der Waals surface area contributed by atoms with Gasteiger partial charge in [0.2, 0.25) is 5.43 Å². The zero-order chi connectivity index (χ0) is 20.3. The average Bonchev–Trinajstić information content (AvgIpc) is 2.73. The van der Waals surface area contributed by atoms with Gasteiger partial charge < -0.3 is 14.6 Å². The highest BCUT2D eigenvalue weighted by Crippen LogP contribution is 2.21. The first-order valence-electron chi connectivity index (χ1n) is 9.14. The molecule has 0 aliphatic rings. The van der Waals surface area contributed by atoms with Gasteiger partial charge in [0.1, 0.15) is 11.3 Å². The molecule has 3 rings (SSSR count). The van der Waals surface area contributed by atoms with Crippen molar-refractivity contribution < 1.29 is 9.53 Å². The normalized spacial score (nSPS) is 12.0. The van der Waals surface area contributed by atoms with Crippen LogP contribution in [0.15, 0.2) is 58.4 Å². The van der Waals surface area contributed by atoms with Crippen LogP contribution in [-0.4, -0.2) is 23.8 Å². The average molecular weight is 397 g/mol. The molecule has 0 bridgehead atoms. The second kappa shape index (κ2) is 8.52. The first kappa shape index (κ1) is 20.0. The van der Waals surface area contributed by atoms with Crippen LogP contribution < -0.4 is 15.5 Å². The molecule has 1 unspecified atom stereocenters. The Hall–Kier alpha value is -2.73. The van der Waals surface area contributed by atoms with Gasteiger partial charge in [0, 0.05) is 17.6 Å². The van der Waals surface area contributed by atoms with Crippen LogP contribution in [0.4, 0.5) is 0 Å². The number of ether oxygens (including phenoxy) is 1. The van der Waals surface area contributed by atoms with Gasteiger partial charge in [0.25, 0.3) is 5.91 Å². The number of methoxy groups -OCH3 is 1. The molecule has 1 aromatic heterocycles. The molecule has 1 heterocycles. The van der Waals surface area contributed by atoms with Crippen LogP contribution >= 0.6 is 11.8 Å². The van der Waals surface area contributed by atoms with Crippen LogP contribution in [0.3, 0.4) is 0 Å². The Bertz CT molecular complexity index is 1060. The monoisotopic (exact) mass is 396 g/mol. The second-order valence-corrected chi connectivity index (χ2v) is 7.39. The molecule has 1 amide bonds. The Balaban J connectivity index is 1.96. The van der Waals surface area contributed by atoms with Gasteiger partial charge in [-0.1, -0.05) is 12.1 Å². The van der Waals surface area contributed by atoms with Crippen LogP contribution in [0.25, 0.3) is 10.9 Å². The van der Waals surface area contributed by atoms with E-state index in [9.17, 15) is 9.59 Å². The number of amides is 1. The van der Waals surface area contributed by atoms with Gasteiger partial charge >= 0.3 is 0 Å². The molecule has 0 fully saturated rings. The number of thioether (sulfide) groups is 1. The topological polar surface area (TPSA) is 60.3 Å². The molecule has 0 spiro atoms. The summed E-state index contributed by atoms with van der Waals surface area (Å²) in [5.74, 6) is 0.213. The Kier molecular flexibility index (Phi) is 6.09. The van der Waals surface area contributed by atoms with E-state index in [1.807, 2.05) is 61.1 Å². The fraction of sp³-hybridized carbons (Fsp3) is 0.273. The fourth-order valence-electron chi connectivity index (χ4n) is 3.18. The molecule has 0 aliphatic carbocycles. The molecule has 6 heteroatoms. The molecule has 28 heavy (non-hydrogen) atoms. The summed E-state index contributed by atoms with van der Waals surface area (Å²) in [7, 11) is 1.56. The van der Waals surface area contributed by atoms with Crippen molar-refractivity contribution >= 4 is 28.6 Å². The first-order valence-corrected chi connectivity index (χ1v) is 10.4. The standard InChI is InChI=1S/C22H24N2O3S/c1-5-24-13-19(21(25)18-12-16(27-3)8-11-20(18)24)22(26)23-14(2)15-6-9-17(28-4)10-7-15/h6-14H,5H2,1-4H3,(H,23,26). The number of nitrogens with one attached hydrogen (secondary N) is 1. The summed E-state index contributed by atoms with van der Waals surface area (Å²) in [5, 5.41) is 3.42. The number of pyridine rings is 1. The maximum atomic E-state index is 13.0. The third-order valence-electron chi connectivity index (χ3n) is 4.84. The third-order valence-corrected chi connectivity index (χ3v) is 5.58. The van der Waals surface area contributed by atoms with Crippen molar-refractivity contribution in [2.45, 2.75) is 31.3 Å². The lowest BCUT2D eigenvalue weighted by atomic mass is 10.1. The van der Waals surface area contributed by atoms with Gasteiger partial charge in [-0.25, -0.2) is 0 Å². The maximum Gasteiger partial charge on any atom is 0.257 e. The molecule has 146 valence electrons. The number of fused-ring (bicyclic) bond motifs is 1. The van der Waals surface area contributed by atoms with E-state index in [1.165, 1.54) is 0 Å². The maximum absolute atomic E-state index is 13.0. The van der Waals surface area contributed by atoms with Crippen molar-refractivity contribution in [2.24, 2.45) is 0 Å². The molecule has 1 atom stereocenters. The summed E-state index contributed by atoms with van der Waals surface area (Å²) in [4.78, 5) is 27.0. The molecule has 1 N–H and O–H groups in total. The van der Waals surface area contributed by atoms with Crippen molar-refractivity contribution in [1.29, 1.82) is 0 Å². The van der Waals surface area contributed by atoms with Crippen molar-refractivity contribution in [3.8, 4) is 5.75 Å². The van der Waals surface area contributed by atoms with Crippen molar-refractivity contribution in [3.63, 3.8) is 0 Å². The summed E-state index contributed by atoms with van der Waals surface area (Å²) in [6.45, 7) is 4.54. The van der Waals surface area contributed by atoms with Crippen LogP contribution in [0, 0.1) is 0 Å². The number of hydrogen-bond acceptors (Lipinski definition) is 4. The second-order valence-electron chi connectivity index (χ2n) is 6.51. The van der Waals surface area contributed by atoms with Crippen LogP contribution in [0.1, 0.15) is 35.8 Å². The molecule has 0 saturated carbocycles. The van der Waals surface area contributed by atoms with E-state index in [2.05, 4.69) is 5.32 Å². The Morgan fingerprint density at radius 2 is 1.93 bits per heavy atom. The number of aryl methyl sites for hydroxylation is 1. The molecule has 3 aromatic rings. The van der Waals surface area contributed by atoms with Crippen LogP contribution in [0.2, 0.25) is 0 Å². The van der Waals surface area contributed by atoms with E-state index in [0.29, 0.717) is 17.7 Å². The van der Waals surface area contributed by atoms with Crippen molar-refractivity contribution in [2.75, 3.05) is 13.4 Å². The number of carbonyl (C=O) groups is 1. The minimum absolute atomic E-state index is 0.134. The summed E-state index contributed by atoms with van der Waals surface area (Å²) < 4.78 is 7.15. The Labute approximate surface area is 168 Å². The molecule has 0 saturated heterocycles. The highest BCUT2D eigenvalue weighted by molar-refractivity contribution is 7.98. The summed E-state index contributed by atoms with van der Waals surface area (Å²) >= 11 is 1.67. The molecular weight excluding hydrogens is 372 g/mol. The number of aromatic nitrogens is 1. The first-order chi connectivity index (χ1) is 13.5. The summed E-state index contributed by atoms with van der Waals surface area (Å²) in [6.07, 6.45) is 3.66. The Morgan fingerprint density at radius 3 is 2.54 bits per heavy atom. The third kappa shape index (κ3) is 3.92. The van der Waals surface area contributed by atoms with E-state index in [0.717, 1.165) is 16.0 Å². The minimum atomic E-state index is -0.377. The Morgan fingerprint density at radius 1 is 1.21 bits per heavy atom. The van der Waals surface area contributed by atoms with Crippen LogP contribution in [-0.2, 0) is 6.54 Å². The summed E-state index contributed by atoms with van der Waals surface area (Å²) in [5.41, 5.74) is 1.62. The lowest BCUT2D eigenvalue weighted by Gasteiger charge is -2.16. The molecule has 0 radical (unpaired) electrons. The number of hydrogen-bond donors (Lipinski definition) is 1. The lowest BCUT2D eigenvalue weighted by Crippen LogP contribution is -2.31. The predicted octanol–water partition coefficient (Wildman–Crippen LogP) is 4.24. The van der Waals surface area contributed by atoms with Crippen molar-refractivity contribution in [3.05, 3.63) is 70.0 Å². The number of benzene rings is 2. The van der Waals surface area contributed by atoms with E-state index in [1.54, 1.807) is 31.1 Å². The molecule has 5 nitrogen and oxygen atoms in total. The molecular formula is C22H24N2O3S. The van der Waals surface area contributed by atoms with Crippen molar-refractivity contribution in [1.82, 2.24) is 9.88 Å². The largest absolute Gasteiger partial charge is 0.497 e. The fourth-order valence-corrected chi connectivity index (χ4v) is 3.59. The van der Waals surface area contributed by atoms with Gasteiger partial charge in [0.15, 0.2) is 0 Å². The zero-order valence-electron chi connectivity index (χ0n) is 16.5. The minimum Gasteiger partial charge on any atom is -0.497 e. The highest BCUT2D eigenvalue weighted by atomic mass is 32.2. The zero-order valence-corrected chi connectivity index (χ0v) is 17.3. The SMILES string of the molecule is CCn1cc(C(=O)NC(C)c2ccc(SC)cc2)c(=O)c2cc(OC)ccc21. The van der Waals surface area contributed by atoms with Gasteiger partial charge in [-0.15, -0.1) is 11.8 Å². The van der Waals surface area contributed by atoms with Gasteiger partial charge in [-0.2, -0.15) is 0 Å². The van der Waals surface area contributed by atoms with Crippen LogP contribution in [0.5, 0.6) is 5.75 Å². The quantitative estimate of drug-likeness (QED) is 0.633. The molecule has 2 aromatic carbocycles. The number of nitrogens with zero attached hydrogens (tertiary/aromatic N) is 1. The molecule has 0 aliphatic heterocycles. The van der Waals surface area contributed by atoms with Gasteiger partial charge in [-0.05, 0) is 56.0 Å². The smallest absolute Gasteiger partial charge is 0.257 e. The van der Waals surface area contributed by atoms with E-state index >= 15 is 0 Å². The summed E-state index contributed by atoms with van der Waals surface area (Å²) in [6, 6.07) is 13.2. The lowest BCUT2D eigenvalue weighted by molar-refractivity contribution is 0.0938. The van der Waals surface area contributed by atoms with E-state index in [-0.39, 0.29) is 22.9 Å². The van der Waals surface area contributed by atoms with E-state index < -0.39 is 0 Å². The highest BCUT2D eigenvalue weighted by Gasteiger charge is 2.18. The van der Waals surface area contributed by atoms with Gasteiger partial charge in [0.05, 0.1) is 24.1 Å².